The van der Waals surface area contributed by atoms with E-state index in [1.54, 1.807) is 12.1 Å². The van der Waals surface area contributed by atoms with Gasteiger partial charge >= 0.3 is 5.97 Å². The third kappa shape index (κ3) is 5.06. The molecule has 1 aliphatic heterocycles. The summed E-state index contributed by atoms with van der Waals surface area (Å²) in [4.78, 5) is 38.2. The van der Waals surface area contributed by atoms with Gasteiger partial charge in [-0.05, 0) is 56.2 Å². The Hall–Kier alpha value is -3.06. The van der Waals surface area contributed by atoms with Gasteiger partial charge in [-0.3, -0.25) is 9.59 Å². The Bertz CT molecular complexity index is 969. The zero-order valence-corrected chi connectivity index (χ0v) is 17.0. The van der Waals surface area contributed by atoms with Gasteiger partial charge in [-0.2, -0.15) is 0 Å². The van der Waals surface area contributed by atoms with Crippen molar-refractivity contribution < 1.29 is 19.5 Å². The molecule has 0 saturated heterocycles. The number of carboxylic acids is 1. The van der Waals surface area contributed by atoms with Crippen LogP contribution < -0.4 is 10.2 Å². The lowest BCUT2D eigenvalue weighted by molar-refractivity contribution is -0.132. The second-order valence-corrected chi connectivity index (χ2v) is 8.19. The Kier molecular flexibility index (Phi) is 6.39. The number of nitrogens with one attached hydrogen (secondary N) is 1. The van der Waals surface area contributed by atoms with E-state index in [1.165, 1.54) is 24.2 Å². The molecule has 2 N–H and O–H groups in total. The van der Waals surface area contributed by atoms with Crippen molar-refractivity contribution in [2.24, 2.45) is 0 Å². The van der Waals surface area contributed by atoms with E-state index < -0.39 is 11.9 Å². The molecule has 6 nitrogen and oxygen atoms in total. The predicted octanol–water partition coefficient (Wildman–Crippen LogP) is 3.73. The summed E-state index contributed by atoms with van der Waals surface area (Å²) < 4.78 is 0. The van der Waals surface area contributed by atoms with Crippen molar-refractivity contribution >= 4 is 40.9 Å². The van der Waals surface area contributed by atoms with Crippen LogP contribution in [0.4, 0.5) is 11.4 Å². The van der Waals surface area contributed by atoms with Gasteiger partial charge in [0.2, 0.25) is 11.8 Å². The zero-order chi connectivity index (χ0) is 21.0. The van der Waals surface area contributed by atoms with Crippen LogP contribution in [0.2, 0.25) is 0 Å². The standard InChI is InChI=1S/C22H22N2O4S/c1-14(22(27)28)13-20(25)23-17-7-9-18(10-8-17)29-15(2)21(26)24-12-11-16-5-3-4-6-19(16)24/h3-10,13,15H,11-12H2,1-2H3,(H,23,25)(H,27,28)/b14-13-/t15-/m1/s1. The van der Waals surface area contributed by atoms with Crippen LogP contribution in [0.15, 0.2) is 65.1 Å². The van der Waals surface area contributed by atoms with Gasteiger partial charge in [0, 0.05) is 34.5 Å². The van der Waals surface area contributed by atoms with Crippen molar-refractivity contribution in [3.05, 3.63) is 65.7 Å². The Morgan fingerprint density at radius 1 is 1.14 bits per heavy atom. The summed E-state index contributed by atoms with van der Waals surface area (Å²) in [5, 5.41) is 11.2. The summed E-state index contributed by atoms with van der Waals surface area (Å²) in [6.45, 7) is 3.96. The molecule has 29 heavy (non-hydrogen) atoms. The molecule has 0 aromatic heterocycles. The number of fused-ring (bicyclic) bond motifs is 1. The fourth-order valence-corrected chi connectivity index (χ4v) is 4.02. The monoisotopic (exact) mass is 410 g/mol. The lowest BCUT2D eigenvalue weighted by atomic mass is 10.2. The highest BCUT2D eigenvalue weighted by atomic mass is 32.2. The van der Waals surface area contributed by atoms with Crippen LogP contribution in [0, 0.1) is 0 Å². The first-order chi connectivity index (χ1) is 13.8. The molecule has 2 aromatic rings. The van der Waals surface area contributed by atoms with E-state index in [1.807, 2.05) is 42.2 Å². The molecule has 1 heterocycles. The van der Waals surface area contributed by atoms with Crippen molar-refractivity contribution in [3.63, 3.8) is 0 Å². The molecule has 2 amide bonds. The molecule has 1 atom stereocenters. The number of aliphatic carboxylic acids is 1. The van der Waals surface area contributed by atoms with E-state index >= 15 is 0 Å². The lowest BCUT2D eigenvalue weighted by Gasteiger charge is -2.21. The average molecular weight is 410 g/mol. The van der Waals surface area contributed by atoms with Gasteiger partial charge in [0.25, 0.3) is 0 Å². The van der Waals surface area contributed by atoms with Crippen molar-refractivity contribution in [2.45, 2.75) is 30.4 Å². The third-order valence-corrected chi connectivity index (χ3v) is 5.72. The minimum absolute atomic E-state index is 0.0366. The number of carbonyl (C=O) groups excluding carboxylic acids is 2. The van der Waals surface area contributed by atoms with E-state index in [4.69, 9.17) is 5.11 Å². The molecule has 0 bridgehead atoms. The molecule has 3 rings (SSSR count). The molecule has 0 radical (unpaired) electrons. The molecular weight excluding hydrogens is 388 g/mol. The lowest BCUT2D eigenvalue weighted by Crippen LogP contribution is -2.35. The first-order valence-corrected chi connectivity index (χ1v) is 10.1. The van der Waals surface area contributed by atoms with Crippen LogP contribution in [0.3, 0.4) is 0 Å². The topological polar surface area (TPSA) is 86.7 Å². The number of carbonyl (C=O) groups is 3. The molecule has 2 aromatic carbocycles. The van der Waals surface area contributed by atoms with Crippen LogP contribution in [0.25, 0.3) is 0 Å². The molecule has 0 unspecified atom stereocenters. The van der Waals surface area contributed by atoms with Crippen LogP contribution in [0.5, 0.6) is 0 Å². The molecule has 7 heteroatoms. The van der Waals surface area contributed by atoms with Gasteiger partial charge in [0.05, 0.1) is 5.25 Å². The molecule has 0 fully saturated rings. The van der Waals surface area contributed by atoms with Crippen molar-refractivity contribution in [1.29, 1.82) is 0 Å². The normalized spacial score (nSPS) is 14.3. The van der Waals surface area contributed by atoms with Gasteiger partial charge in [0.1, 0.15) is 0 Å². The number of para-hydroxylation sites is 1. The van der Waals surface area contributed by atoms with Gasteiger partial charge in [0.15, 0.2) is 0 Å². The zero-order valence-electron chi connectivity index (χ0n) is 16.2. The highest BCUT2D eigenvalue weighted by molar-refractivity contribution is 8.00. The van der Waals surface area contributed by atoms with E-state index in [0.717, 1.165) is 23.1 Å². The second kappa shape index (κ2) is 8.96. The summed E-state index contributed by atoms with van der Waals surface area (Å²) in [7, 11) is 0. The Labute approximate surface area is 173 Å². The minimum Gasteiger partial charge on any atom is -0.478 e. The SMILES string of the molecule is C/C(=C/C(=O)Nc1ccc(S[C@H](C)C(=O)N2CCc3ccccc32)cc1)C(=O)O. The summed E-state index contributed by atoms with van der Waals surface area (Å²) in [6, 6.07) is 15.1. The maximum Gasteiger partial charge on any atom is 0.331 e. The third-order valence-electron chi connectivity index (χ3n) is 4.62. The first kappa shape index (κ1) is 20.7. The number of rotatable bonds is 6. The summed E-state index contributed by atoms with van der Waals surface area (Å²) in [6.07, 6.45) is 1.92. The predicted molar refractivity (Wildman–Crippen MR) is 114 cm³/mol. The number of thioether (sulfide) groups is 1. The number of benzene rings is 2. The van der Waals surface area contributed by atoms with Gasteiger partial charge < -0.3 is 15.3 Å². The summed E-state index contributed by atoms with van der Waals surface area (Å²) >= 11 is 1.46. The fourth-order valence-electron chi connectivity index (χ4n) is 3.09. The maximum atomic E-state index is 12.9. The number of carboxylic acid groups (broad SMARTS) is 1. The van der Waals surface area contributed by atoms with Crippen LogP contribution >= 0.6 is 11.8 Å². The molecule has 0 saturated carbocycles. The molecule has 0 spiro atoms. The highest BCUT2D eigenvalue weighted by Crippen LogP contribution is 2.32. The fraction of sp³-hybridized carbons (Fsp3) is 0.227. The summed E-state index contributed by atoms with van der Waals surface area (Å²) in [5.41, 5.74) is 2.71. The Morgan fingerprint density at radius 3 is 2.52 bits per heavy atom. The van der Waals surface area contributed by atoms with E-state index in [0.29, 0.717) is 12.2 Å². The molecule has 1 aliphatic rings. The van der Waals surface area contributed by atoms with Crippen LogP contribution in [-0.4, -0.2) is 34.7 Å². The minimum atomic E-state index is -1.13. The number of anilines is 2. The average Bonchev–Trinajstić information content (AvgIpc) is 3.12. The Morgan fingerprint density at radius 2 is 1.83 bits per heavy atom. The highest BCUT2D eigenvalue weighted by Gasteiger charge is 2.28. The number of hydrogen-bond donors (Lipinski definition) is 2. The van der Waals surface area contributed by atoms with Crippen LogP contribution in [0.1, 0.15) is 19.4 Å². The van der Waals surface area contributed by atoms with Crippen molar-refractivity contribution in [2.75, 3.05) is 16.8 Å². The smallest absolute Gasteiger partial charge is 0.331 e. The number of amides is 2. The van der Waals surface area contributed by atoms with E-state index in [9.17, 15) is 14.4 Å². The Balaban J connectivity index is 1.60. The van der Waals surface area contributed by atoms with Crippen LogP contribution in [-0.2, 0) is 20.8 Å². The maximum absolute atomic E-state index is 12.9. The van der Waals surface area contributed by atoms with Gasteiger partial charge in [-0.1, -0.05) is 18.2 Å². The summed E-state index contributed by atoms with van der Waals surface area (Å²) in [5.74, 6) is -1.56. The van der Waals surface area contributed by atoms with Crippen molar-refractivity contribution in [1.82, 2.24) is 0 Å². The second-order valence-electron chi connectivity index (χ2n) is 6.77. The first-order valence-electron chi connectivity index (χ1n) is 9.23. The van der Waals surface area contributed by atoms with Gasteiger partial charge in [-0.15, -0.1) is 11.8 Å². The largest absolute Gasteiger partial charge is 0.478 e. The molecular formula is C22H22N2O4S. The molecule has 150 valence electrons. The van der Waals surface area contributed by atoms with E-state index in [2.05, 4.69) is 11.4 Å². The van der Waals surface area contributed by atoms with E-state index in [-0.39, 0.29) is 16.7 Å². The molecule has 0 aliphatic carbocycles. The van der Waals surface area contributed by atoms with Crippen molar-refractivity contribution in [3.8, 4) is 0 Å². The number of hydrogen-bond acceptors (Lipinski definition) is 4. The quantitative estimate of drug-likeness (QED) is 0.560. The number of nitrogens with zero attached hydrogens (tertiary/aromatic N) is 1. The van der Waals surface area contributed by atoms with Gasteiger partial charge in [-0.25, -0.2) is 4.79 Å².